The Kier molecular flexibility index (Phi) is 2.40. The van der Waals surface area contributed by atoms with Gasteiger partial charge in [-0.05, 0) is 36.0 Å². The van der Waals surface area contributed by atoms with Crippen LogP contribution in [-0.2, 0) is 10.2 Å². The van der Waals surface area contributed by atoms with Gasteiger partial charge in [-0.2, -0.15) is 4.37 Å². The maximum Gasteiger partial charge on any atom is 0.314 e. The van der Waals surface area contributed by atoms with Crippen molar-refractivity contribution in [3.8, 4) is 0 Å². The van der Waals surface area contributed by atoms with Crippen molar-refractivity contribution in [1.82, 2.24) is 4.37 Å². The molecule has 1 fully saturated rings. The van der Waals surface area contributed by atoms with Gasteiger partial charge in [-0.15, -0.1) is 0 Å². The number of carboxylic acid groups (broad SMARTS) is 1. The predicted octanol–water partition coefficient (Wildman–Crippen LogP) is 3.19. The van der Waals surface area contributed by atoms with Gasteiger partial charge in [0.25, 0.3) is 0 Å². The van der Waals surface area contributed by atoms with Crippen LogP contribution in [0.5, 0.6) is 0 Å². The van der Waals surface area contributed by atoms with Crippen molar-refractivity contribution in [2.24, 2.45) is 0 Å². The number of fused-ring (bicyclic) bond motifs is 1. The predicted molar refractivity (Wildman–Crippen MR) is 67.4 cm³/mol. The molecule has 0 radical (unpaired) electrons. The molecule has 0 unspecified atom stereocenters. The summed E-state index contributed by atoms with van der Waals surface area (Å²) in [5, 5.41) is 10.6. The van der Waals surface area contributed by atoms with Crippen molar-refractivity contribution in [1.29, 1.82) is 0 Å². The van der Waals surface area contributed by atoms with Crippen LogP contribution in [0.25, 0.3) is 10.1 Å². The third-order valence-corrected chi connectivity index (χ3v) is 4.54. The fraction of sp³-hybridized carbons (Fsp3) is 0.385. The summed E-state index contributed by atoms with van der Waals surface area (Å²) < 4.78 is 5.21. The standard InChI is InChI=1S/C13H13NO2S/c15-12(16)13(5-1-2-6-13)10-4-3-9-8-14-17-11(9)7-10/h3-4,7-8H,1-2,5-6H2,(H,15,16). The Morgan fingerprint density at radius 2 is 2.12 bits per heavy atom. The van der Waals surface area contributed by atoms with Crippen molar-refractivity contribution < 1.29 is 9.90 Å². The minimum absolute atomic E-state index is 0.655. The van der Waals surface area contributed by atoms with Gasteiger partial charge < -0.3 is 5.11 Å². The van der Waals surface area contributed by atoms with Crippen LogP contribution in [0.1, 0.15) is 31.2 Å². The third kappa shape index (κ3) is 1.55. The molecule has 88 valence electrons. The molecule has 1 aromatic carbocycles. The Labute approximate surface area is 103 Å². The van der Waals surface area contributed by atoms with Crippen LogP contribution < -0.4 is 0 Å². The first-order chi connectivity index (χ1) is 8.22. The molecule has 1 saturated carbocycles. The Morgan fingerprint density at radius 3 is 2.82 bits per heavy atom. The van der Waals surface area contributed by atoms with Crippen LogP contribution in [0, 0.1) is 0 Å². The molecule has 17 heavy (non-hydrogen) atoms. The average molecular weight is 247 g/mol. The molecule has 2 aromatic rings. The van der Waals surface area contributed by atoms with E-state index in [1.54, 1.807) is 0 Å². The second kappa shape index (κ2) is 3.81. The van der Waals surface area contributed by atoms with Crippen LogP contribution >= 0.6 is 11.5 Å². The van der Waals surface area contributed by atoms with E-state index in [2.05, 4.69) is 4.37 Å². The summed E-state index contributed by atoms with van der Waals surface area (Å²) in [6.07, 6.45) is 5.35. The topological polar surface area (TPSA) is 50.2 Å². The number of benzene rings is 1. The van der Waals surface area contributed by atoms with Gasteiger partial charge in [-0.25, -0.2) is 0 Å². The normalized spacial score (nSPS) is 18.6. The fourth-order valence-electron chi connectivity index (χ4n) is 2.76. The number of hydrogen-bond acceptors (Lipinski definition) is 3. The molecule has 0 atom stereocenters. The lowest BCUT2D eigenvalue weighted by Crippen LogP contribution is -2.32. The molecule has 1 aliphatic carbocycles. The number of aliphatic carboxylic acids is 1. The molecular weight excluding hydrogens is 234 g/mol. The quantitative estimate of drug-likeness (QED) is 0.886. The smallest absolute Gasteiger partial charge is 0.314 e. The zero-order valence-electron chi connectivity index (χ0n) is 9.35. The Hall–Kier alpha value is -1.42. The lowest BCUT2D eigenvalue weighted by Gasteiger charge is -2.24. The van der Waals surface area contributed by atoms with E-state index in [9.17, 15) is 9.90 Å². The summed E-state index contributed by atoms with van der Waals surface area (Å²) >= 11 is 1.43. The van der Waals surface area contributed by atoms with Crippen molar-refractivity contribution in [3.05, 3.63) is 30.0 Å². The summed E-state index contributed by atoms with van der Waals surface area (Å²) in [4.78, 5) is 11.6. The van der Waals surface area contributed by atoms with Gasteiger partial charge in [0.2, 0.25) is 0 Å². The molecule has 3 nitrogen and oxygen atoms in total. The van der Waals surface area contributed by atoms with Crippen LogP contribution in [0.3, 0.4) is 0 Å². The Balaban J connectivity index is 2.14. The zero-order valence-corrected chi connectivity index (χ0v) is 10.2. The molecule has 0 spiro atoms. The molecule has 0 saturated heterocycles. The average Bonchev–Trinajstić information content (AvgIpc) is 2.97. The lowest BCUT2D eigenvalue weighted by molar-refractivity contribution is -0.143. The summed E-state index contributed by atoms with van der Waals surface area (Å²) in [5.41, 5.74) is 0.289. The minimum atomic E-state index is -0.682. The highest BCUT2D eigenvalue weighted by Crippen LogP contribution is 2.42. The minimum Gasteiger partial charge on any atom is -0.481 e. The molecule has 1 aliphatic rings. The number of carbonyl (C=O) groups is 1. The second-order valence-electron chi connectivity index (χ2n) is 4.67. The molecule has 4 heteroatoms. The van der Waals surface area contributed by atoms with Crippen molar-refractivity contribution >= 4 is 27.6 Å². The molecule has 0 amide bonds. The van der Waals surface area contributed by atoms with Gasteiger partial charge in [-0.1, -0.05) is 25.0 Å². The van der Waals surface area contributed by atoms with E-state index >= 15 is 0 Å². The molecule has 1 N–H and O–H groups in total. The van der Waals surface area contributed by atoms with Gasteiger partial charge in [-0.3, -0.25) is 4.79 Å². The number of aromatic nitrogens is 1. The van der Waals surface area contributed by atoms with Crippen molar-refractivity contribution in [2.75, 3.05) is 0 Å². The number of hydrogen-bond donors (Lipinski definition) is 1. The monoisotopic (exact) mass is 247 g/mol. The van der Waals surface area contributed by atoms with Gasteiger partial charge in [0, 0.05) is 11.6 Å². The largest absolute Gasteiger partial charge is 0.481 e. The second-order valence-corrected chi connectivity index (χ2v) is 5.51. The van der Waals surface area contributed by atoms with E-state index in [0.29, 0.717) is 0 Å². The highest BCUT2D eigenvalue weighted by molar-refractivity contribution is 7.13. The van der Waals surface area contributed by atoms with E-state index in [-0.39, 0.29) is 0 Å². The summed E-state index contributed by atoms with van der Waals surface area (Å²) in [6.45, 7) is 0. The summed E-state index contributed by atoms with van der Waals surface area (Å²) in [5.74, 6) is -0.682. The zero-order chi connectivity index (χ0) is 11.9. The van der Waals surface area contributed by atoms with Crippen LogP contribution in [0.15, 0.2) is 24.4 Å². The van der Waals surface area contributed by atoms with E-state index in [4.69, 9.17) is 0 Å². The number of nitrogens with zero attached hydrogens (tertiary/aromatic N) is 1. The maximum atomic E-state index is 11.6. The first kappa shape index (κ1) is 10.7. The molecule has 0 bridgehead atoms. The summed E-state index contributed by atoms with van der Waals surface area (Å²) in [6, 6.07) is 5.94. The SMILES string of the molecule is O=C(O)C1(c2ccc3cnsc3c2)CCCC1. The van der Waals surface area contributed by atoms with Crippen molar-refractivity contribution in [2.45, 2.75) is 31.1 Å². The van der Waals surface area contributed by atoms with Crippen LogP contribution in [0.2, 0.25) is 0 Å². The van der Waals surface area contributed by atoms with Gasteiger partial charge in [0.1, 0.15) is 0 Å². The molecule has 0 aliphatic heterocycles. The third-order valence-electron chi connectivity index (χ3n) is 3.78. The van der Waals surface area contributed by atoms with E-state index < -0.39 is 11.4 Å². The Morgan fingerprint density at radius 1 is 1.35 bits per heavy atom. The number of carboxylic acids is 1. The van der Waals surface area contributed by atoms with Gasteiger partial charge >= 0.3 is 5.97 Å². The molecule has 3 rings (SSSR count). The van der Waals surface area contributed by atoms with E-state index in [1.807, 2.05) is 24.4 Å². The maximum absolute atomic E-state index is 11.6. The number of rotatable bonds is 2. The lowest BCUT2D eigenvalue weighted by atomic mass is 9.79. The molecule has 1 aromatic heterocycles. The van der Waals surface area contributed by atoms with Crippen LogP contribution in [0.4, 0.5) is 0 Å². The van der Waals surface area contributed by atoms with Gasteiger partial charge in [0.05, 0.1) is 10.1 Å². The summed E-state index contributed by atoms with van der Waals surface area (Å²) in [7, 11) is 0. The van der Waals surface area contributed by atoms with E-state index in [0.717, 1.165) is 41.3 Å². The first-order valence-corrected chi connectivity index (χ1v) is 6.58. The van der Waals surface area contributed by atoms with Crippen molar-refractivity contribution in [3.63, 3.8) is 0 Å². The van der Waals surface area contributed by atoms with Gasteiger partial charge in [0.15, 0.2) is 0 Å². The molecular formula is C13H13NO2S. The molecule has 1 heterocycles. The highest BCUT2D eigenvalue weighted by Gasteiger charge is 2.42. The Bertz CT molecular complexity index is 570. The van der Waals surface area contributed by atoms with Crippen LogP contribution in [-0.4, -0.2) is 15.4 Å². The van der Waals surface area contributed by atoms with E-state index in [1.165, 1.54) is 11.5 Å². The first-order valence-electron chi connectivity index (χ1n) is 5.81. The highest BCUT2D eigenvalue weighted by atomic mass is 32.1. The fourth-order valence-corrected chi connectivity index (χ4v) is 3.45.